The van der Waals surface area contributed by atoms with Crippen LogP contribution in [0, 0.1) is 0 Å². The van der Waals surface area contributed by atoms with E-state index in [9.17, 15) is 26.7 Å². The standard InChI is InChI=1S/C10H7BrF5NO3/c1-19-9(18)4-2-6(20-10(14,15)16)7(8(12)13)17-5(4)3-11/h2,8H,3H2,1H3. The van der Waals surface area contributed by atoms with Crippen molar-refractivity contribution in [1.82, 2.24) is 4.98 Å². The largest absolute Gasteiger partial charge is 0.573 e. The maximum Gasteiger partial charge on any atom is 0.573 e. The Morgan fingerprint density at radius 3 is 2.45 bits per heavy atom. The second kappa shape index (κ2) is 6.33. The zero-order valence-corrected chi connectivity index (χ0v) is 11.4. The van der Waals surface area contributed by atoms with Crippen LogP contribution in [0.25, 0.3) is 0 Å². The van der Waals surface area contributed by atoms with Gasteiger partial charge in [0.2, 0.25) is 0 Å². The minimum absolute atomic E-state index is 0.122. The quantitative estimate of drug-likeness (QED) is 0.466. The van der Waals surface area contributed by atoms with Crippen LogP contribution >= 0.6 is 15.9 Å². The summed E-state index contributed by atoms with van der Waals surface area (Å²) in [4.78, 5) is 14.7. The molecule has 4 nitrogen and oxygen atoms in total. The first-order valence-corrected chi connectivity index (χ1v) is 6.03. The molecule has 0 aromatic carbocycles. The molecule has 0 atom stereocenters. The van der Waals surface area contributed by atoms with Crippen LogP contribution in [0.3, 0.4) is 0 Å². The van der Waals surface area contributed by atoms with Gasteiger partial charge in [0.1, 0.15) is 5.69 Å². The summed E-state index contributed by atoms with van der Waals surface area (Å²) in [6.45, 7) is 0. The smallest absolute Gasteiger partial charge is 0.465 e. The van der Waals surface area contributed by atoms with Crippen molar-refractivity contribution < 1.29 is 36.2 Å². The molecule has 0 fully saturated rings. The van der Waals surface area contributed by atoms with Crippen LogP contribution in [0.1, 0.15) is 28.2 Å². The van der Waals surface area contributed by atoms with Gasteiger partial charge in [-0.3, -0.25) is 0 Å². The first-order valence-electron chi connectivity index (χ1n) is 4.91. The number of pyridine rings is 1. The van der Waals surface area contributed by atoms with Crippen molar-refractivity contribution in [2.45, 2.75) is 18.1 Å². The van der Waals surface area contributed by atoms with Crippen molar-refractivity contribution in [3.63, 3.8) is 0 Å². The third-order valence-electron chi connectivity index (χ3n) is 2.06. The van der Waals surface area contributed by atoms with E-state index in [0.29, 0.717) is 6.07 Å². The number of rotatable bonds is 4. The zero-order chi connectivity index (χ0) is 15.5. The fourth-order valence-electron chi connectivity index (χ4n) is 1.30. The van der Waals surface area contributed by atoms with Crippen LogP contribution in [-0.4, -0.2) is 24.4 Å². The number of halogens is 6. The first kappa shape index (κ1) is 16.6. The van der Waals surface area contributed by atoms with E-state index in [1.807, 2.05) is 0 Å². The lowest BCUT2D eigenvalue weighted by molar-refractivity contribution is -0.275. The topological polar surface area (TPSA) is 48.4 Å². The molecule has 1 rings (SSSR count). The van der Waals surface area contributed by atoms with Crippen LogP contribution in [0.4, 0.5) is 22.0 Å². The van der Waals surface area contributed by atoms with Crippen molar-refractivity contribution in [3.05, 3.63) is 23.0 Å². The minimum atomic E-state index is -5.19. The average Bonchev–Trinajstić information content (AvgIpc) is 2.35. The Morgan fingerprint density at radius 1 is 1.45 bits per heavy atom. The van der Waals surface area contributed by atoms with E-state index >= 15 is 0 Å². The Kier molecular flexibility index (Phi) is 5.26. The number of aromatic nitrogens is 1. The summed E-state index contributed by atoms with van der Waals surface area (Å²) in [5.41, 5.74) is -1.78. The van der Waals surface area contributed by atoms with Gasteiger partial charge in [0, 0.05) is 5.33 Å². The highest BCUT2D eigenvalue weighted by Crippen LogP contribution is 2.33. The van der Waals surface area contributed by atoms with E-state index in [4.69, 9.17) is 0 Å². The zero-order valence-electron chi connectivity index (χ0n) is 9.80. The van der Waals surface area contributed by atoms with Gasteiger partial charge < -0.3 is 9.47 Å². The van der Waals surface area contributed by atoms with E-state index in [-0.39, 0.29) is 11.0 Å². The molecule has 1 aromatic rings. The Hall–Kier alpha value is -1.45. The summed E-state index contributed by atoms with van der Waals surface area (Å²) in [6.07, 6.45) is -8.48. The van der Waals surface area contributed by atoms with Crippen LogP contribution in [0.5, 0.6) is 5.75 Å². The Balaban J connectivity index is 3.42. The van der Waals surface area contributed by atoms with Crippen molar-refractivity contribution in [2.24, 2.45) is 0 Å². The minimum Gasteiger partial charge on any atom is -0.465 e. The molecule has 20 heavy (non-hydrogen) atoms. The number of esters is 1. The molecule has 0 amide bonds. The molecular weight excluding hydrogens is 357 g/mol. The van der Waals surface area contributed by atoms with E-state index < -0.39 is 35.8 Å². The molecule has 0 bridgehead atoms. The number of hydrogen-bond acceptors (Lipinski definition) is 4. The van der Waals surface area contributed by atoms with Crippen molar-refractivity contribution in [1.29, 1.82) is 0 Å². The van der Waals surface area contributed by atoms with Gasteiger partial charge >= 0.3 is 12.3 Å². The molecule has 0 unspecified atom stereocenters. The van der Waals surface area contributed by atoms with Crippen LogP contribution < -0.4 is 4.74 Å². The van der Waals surface area contributed by atoms with E-state index in [1.165, 1.54) is 0 Å². The number of methoxy groups -OCH3 is 1. The maximum atomic E-state index is 12.7. The van der Waals surface area contributed by atoms with Crippen LogP contribution in [-0.2, 0) is 10.1 Å². The molecule has 0 radical (unpaired) electrons. The lowest BCUT2D eigenvalue weighted by atomic mass is 10.1. The molecule has 0 N–H and O–H groups in total. The Morgan fingerprint density at radius 2 is 2.05 bits per heavy atom. The molecule has 0 saturated heterocycles. The third-order valence-corrected chi connectivity index (χ3v) is 2.59. The predicted molar refractivity (Wildman–Crippen MR) is 59.8 cm³/mol. The molecule has 0 saturated carbocycles. The Bertz CT molecular complexity index is 506. The molecule has 0 aliphatic carbocycles. The van der Waals surface area contributed by atoms with Crippen molar-refractivity contribution >= 4 is 21.9 Å². The first-order chi connectivity index (χ1) is 9.19. The fourth-order valence-corrected chi connectivity index (χ4v) is 1.73. The monoisotopic (exact) mass is 363 g/mol. The van der Waals surface area contributed by atoms with Crippen LogP contribution in [0.2, 0.25) is 0 Å². The van der Waals surface area contributed by atoms with Gasteiger partial charge in [-0.1, -0.05) is 15.9 Å². The number of hydrogen-bond donors (Lipinski definition) is 0. The summed E-state index contributed by atoms with van der Waals surface area (Å²) >= 11 is 2.90. The predicted octanol–water partition coefficient (Wildman–Crippen LogP) is 3.60. The van der Waals surface area contributed by atoms with Gasteiger partial charge in [-0.05, 0) is 6.07 Å². The highest BCUT2D eigenvalue weighted by Gasteiger charge is 2.35. The van der Waals surface area contributed by atoms with E-state index in [0.717, 1.165) is 7.11 Å². The summed E-state index contributed by atoms with van der Waals surface area (Å²) in [5, 5.41) is -0.122. The molecule has 112 valence electrons. The lowest BCUT2D eigenvalue weighted by Crippen LogP contribution is -2.20. The van der Waals surface area contributed by atoms with Gasteiger partial charge in [-0.25, -0.2) is 18.6 Å². The lowest BCUT2D eigenvalue weighted by Gasteiger charge is -2.15. The van der Waals surface area contributed by atoms with Gasteiger partial charge in [-0.2, -0.15) is 0 Å². The third kappa shape index (κ3) is 4.02. The molecule has 0 aliphatic rings. The summed E-state index contributed by atoms with van der Waals surface area (Å²) in [6, 6.07) is 0.532. The number of ether oxygens (including phenoxy) is 2. The van der Waals surface area contributed by atoms with Gasteiger partial charge in [0.25, 0.3) is 6.43 Å². The molecule has 1 heterocycles. The second-order valence-corrected chi connectivity index (χ2v) is 3.90. The van der Waals surface area contributed by atoms with Gasteiger partial charge in [-0.15, -0.1) is 13.2 Å². The van der Waals surface area contributed by atoms with Crippen molar-refractivity contribution in [3.8, 4) is 5.75 Å². The summed E-state index contributed by atoms with van der Waals surface area (Å²) in [7, 11) is 0.992. The Labute approximate surface area is 118 Å². The number of nitrogens with zero attached hydrogens (tertiary/aromatic N) is 1. The number of alkyl halides is 6. The molecular formula is C10H7BrF5NO3. The maximum absolute atomic E-state index is 12.7. The molecule has 0 aliphatic heterocycles. The highest BCUT2D eigenvalue weighted by molar-refractivity contribution is 9.08. The fraction of sp³-hybridized carbons (Fsp3) is 0.400. The van der Waals surface area contributed by atoms with Gasteiger partial charge in [0.15, 0.2) is 5.75 Å². The average molecular weight is 364 g/mol. The summed E-state index contributed by atoms with van der Waals surface area (Å²) in [5.74, 6) is -2.25. The SMILES string of the molecule is COC(=O)c1cc(OC(F)(F)F)c(C(F)F)nc1CBr. The normalized spacial score (nSPS) is 11.6. The van der Waals surface area contributed by atoms with E-state index in [2.05, 4.69) is 30.4 Å². The number of carbonyl (C=O) groups excluding carboxylic acids is 1. The van der Waals surface area contributed by atoms with E-state index in [1.54, 1.807) is 0 Å². The molecule has 10 heteroatoms. The van der Waals surface area contributed by atoms with Crippen LogP contribution in [0.15, 0.2) is 6.07 Å². The summed E-state index contributed by atoms with van der Waals surface area (Å²) < 4.78 is 69.7. The van der Waals surface area contributed by atoms with Gasteiger partial charge in [0.05, 0.1) is 18.4 Å². The second-order valence-electron chi connectivity index (χ2n) is 3.34. The molecule has 1 aromatic heterocycles. The van der Waals surface area contributed by atoms with Crippen molar-refractivity contribution in [2.75, 3.05) is 7.11 Å². The molecule has 0 spiro atoms. The highest BCUT2D eigenvalue weighted by atomic mass is 79.9. The number of carbonyl (C=O) groups is 1.